The molecule has 0 saturated heterocycles. The van der Waals surface area contributed by atoms with Crippen LogP contribution < -0.4 is 10.5 Å². The zero-order valence-corrected chi connectivity index (χ0v) is 10.6. The molecule has 0 spiro atoms. The fourth-order valence-electron chi connectivity index (χ4n) is 1.03. The van der Waals surface area contributed by atoms with E-state index >= 15 is 0 Å². The van der Waals surface area contributed by atoms with Crippen LogP contribution in [0.5, 0.6) is 0 Å². The van der Waals surface area contributed by atoms with E-state index < -0.39 is 24.9 Å². The molecule has 15 heavy (non-hydrogen) atoms. The van der Waals surface area contributed by atoms with Crippen molar-refractivity contribution in [1.29, 1.82) is 0 Å². The molecule has 0 fully saturated rings. The van der Waals surface area contributed by atoms with Crippen LogP contribution in [0.3, 0.4) is 0 Å². The van der Waals surface area contributed by atoms with Crippen LogP contribution in [0.1, 0.15) is 19.8 Å². The Morgan fingerprint density at radius 2 is 1.80 bits per heavy atom. The van der Waals surface area contributed by atoms with Crippen molar-refractivity contribution in [2.75, 3.05) is 17.9 Å². The highest BCUT2D eigenvalue weighted by molar-refractivity contribution is 8.06. The molecule has 0 rings (SSSR count). The Morgan fingerprint density at radius 3 is 2.20 bits per heavy atom. The summed E-state index contributed by atoms with van der Waals surface area (Å²) in [5, 5.41) is -0.890. The van der Waals surface area contributed by atoms with Crippen LogP contribution in [-0.2, 0) is 19.9 Å². The first-order valence-electron chi connectivity index (χ1n) is 4.57. The van der Waals surface area contributed by atoms with Gasteiger partial charge in [0, 0.05) is 18.8 Å². The highest BCUT2D eigenvalue weighted by atomic mass is 32.3. The number of rotatable bonds is 7. The summed E-state index contributed by atoms with van der Waals surface area (Å²) in [6.45, 7) is 2.01. The first kappa shape index (κ1) is 14.8. The lowest BCUT2D eigenvalue weighted by Gasteiger charge is -2.11. The van der Waals surface area contributed by atoms with Gasteiger partial charge in [0.2, 0.25) is 10.0 Å². The minimum atomic E-state index is -3.77. The zero-order chi connectivity index (χ0) is 12.1. The largest absolute Gasteiger partial charge is 0.327 e. The molecule has 1 unspecified atom stereocenters. The predicted octanol–water partition coefficient (Wildman–Crippen LogP) is -0.965. The van der Waals surface area contributed by atoms with E-state index in [0.29, 0.717) is 6.42 Å². The van der Waals surface area contributed by atoms with Gasteiger partial charge in [0.25, 0.3) is 0 Å². The van der Waals surface area contributed by atoms with Gasteiger partial charge in [-0.15, -0.1) is 0 Å². The van der Waals surface area contributed by atoms with Crippen molar-refractivity contribution in [2.24, 2.45) is 5.73 Å². The Kier molecular flexibility index (Phi) is 5.71. The lowest BCUT2D eigenvalue weighted by Crippen LogP contribution is -2.39. The molecule has 92 valence electrons. The second-order valence-corrected chi connectivity index (χ2v) is 7.87. The molecular formula is C7H18N2O4S2. The van der Waals surface area contributed by atoms with E-state index in [0.717, 1.165) is 12.7 Å². The second-order valence-electron chi connectivity index (χ2n) is 3.56. The molecule has 6 nitrogen and oxygen atoms in total. The molecule has 0 bridgehead atoms. The van der Waals surface area contributed by atoms with Crippen LogP contribution in [-0.4, -0.2) is 40.8 Å². The van der Waals surface area contributed by atoms with Crippen LogP contribution in [0.2, 0.25) is 0 Å². The Morgan fingerprint density at radius 1 is 1.27 bits per heavy atom. The third kappa shape index (κ3) is 8.79. The van der Waals surface area contributed by atoms with Crippen molar-refractivity contribution in [2.45, 2.75) is 25.8 Å². The zero-order valence-electron chi connectivity index (χ0n) is 8.93. The molecule has 0 radical (unpaired) electrons. The first-order chi connectivity index (χ1) is 6.66. The summed E-state index contributed by atoms with van der Waals surface area (Å²) in [4.78, 5) is 0. The molecule has 0 aromatic rings. The van der Waals surface area contributed by atoms with Gasteiger partial charge in [-0.3, -0.25) is 0 Å². The van der Waals surface area contributed by atoms with Gasteiger partial charge in [-0.1, -0.05) is 13.3 Å². The molecule has 0 amide bonds. The normalized spacial score (nSPS) is 15.1. The van der Waals surface area contributed by atoms with E-state index in [2.05, 4.69) is 4.72 Å². The van der Waals surface area contributed by atoms with Crippen LogP contribution in [0.15, 0.2) is 0 Å². The van der Waals surface area contributed by atoms with Crippen molar-refractivity contribution in [3.63, 3.8) is 0 Å². The Hall–Kier alpha value is -0.180. The number of nitrogens with one attached hydrogen (secondary N) is 1. The molecule has 3 N–H and O–H groups in total. The van der Waals surface area contributed by atoms with Gasteiger partial charge in [-0.2, -0.15) is 0 Å². The van der Waals surface area contributed by atoms with E-state index in [9.17, 15) is 16.8 Å². The first-order valence-corrected chi connectivity index (χ1v) is 8.28. The molecule has 0 aliphatic rings. The molecule has 1 atom stereocenters. The minimum Gasteiger partial charge on any atom is -0.327 e. The second kappa shape index (κ2) is 5.78. The van der Waals surface area contributed by atoms with Crippen LogP contribution in [0.25, 0.3) is 0 Å². The summed E-state index contributed by atoms with van der Waals surface area (Å²) in [6, 6.07) is -0.274. The van der Waals surface area contributed by atoms with Crippen molar-refractivity contribution >= 4 is 19.9 Å². The van der Waals surface area contributed by atoms with E-state index in [1.54, 1.807) is 0 Å². The molecule has 8 heteroatoms. The third-order valence-corrected chi connectivity index (χ3v) is 5.15. The molecule has 0 heterocycles. The van der Waals surface area contributed by atoms with Gasteiger partial charge in [-0.05, 0) is 6.42 Å². The number of hydrogen-bond donors (Lipinski definition) is 2. The predicted molar refractivity (Wildman–Crippen MR) is 59.5 cm³/mol. The molecular weight excluding hydrogens is 240 g/mol. The lowest BCUT2D eigenvalue weighted by molar-refractivity contribution is 0.554. The Balaban J connectivity index is 4.18. The number of sulfonamides is 1. The monoisotopic (exact) mass is 258 g/mol. The van der Waals surface area contributed by atoms with Crippen molar-refractivity contribution < 1.29 is 16.8 Å². The SMILES string of the molecule is CCCC(N)CNS(=O)(=O)CS(C)(=O)=O. The third-order valence-electron chi connectivity index (χ3n) is 1.59. The minimum absolute atomic E-state index is 0.0751. The highest BCUT2D eigenvalue weighted by Gasteiger charge is 2.18. The van der Waals surface area contributed by atoms with Crippen molar-refractivity contribution in [3.05, 3.63) is 0 Å². The van der Waals surface area contributed by atoms with E-state index in [1.165, 1.54) is 0 Å². The topological polar surface area (TPSA) is 106 Å². The van der Waals surface area contributed by atoms with Gasteiger partial charge in [0.1, 0.15) is 0 Å². The molecule has 0 aromatic carbocycles. The van der Waals surface area contributed by atoms with Gasteiger partial charge >= 0.3 is 0 Å². The Bertz CT molecular complexity index is 374. The molecule has 0 aliphatic carbocycles. The maximum Gasteiger partial charge on any atom is 0.226 e. The van der Waals surface area contributed by atoms with Crippen LogP contribution in [0, 0.1) is 0 Å². The van der Waals surface area contributed by atoms with Gasteiger partial charge < -0.3 is 5.73 Å². The van der Waals surface area contributed by atoms with Gasteiger partial charge in [0.05, 0.1) is 0 Å². The fourth-order valence-corrected chi connectivity index (χ4v) is 4.09. The standard InChI is InChI=1S/C7H18N2O4S2/c1-3-4-7(8)5-9-15(12,13)6-14(2,10)11/h7,9H,3-6,8H2,1-2H3. The maximum atomic E-state index is 11.2. The summed E-state index contributed by atoms with van der Waals surface area (Å²) in [7, 11) is -7.30. The Labute approximate surface area is 91.2 Å². The van der Waals surface area contributed by atoms with E-state index in [1.807, 2.05) is 6.92 Å². The number of hydrogen-bond acceptors (Lipinski definition) is 5. The van der Waals surface area contributed by atoms with E-state index in [4.69, 9.17) is 5.73 Å². The quantitative estimate of drug-likeness (QED) is 0.611. The van der Waals surface area contributed by atoms with Crippen LogP contribution >= 0.6 is 0 Å². The highest BCUT2D eigenvalue weighted by Crippen LogP contribution is 1.95. The number of nitrogens with two attached hydrogens (primary N) is 1. The summed E-state index contributed by atoms with van der Waals surface area (Å²) in [5.74, 6) is 0. The summed E-state index contributed by atoms with van der Waals surface area (Å²) in [6.07, 6.45) is 2.43. The van der Waals surface area contributed by atoms with E-state index in [-0.39, 0.29) is 12.6 Å². The molecule has 0 aromatic heterocycles. The number of sulfone groups is 1. The average molecular weight is 258 g/mol. The van der Waals surface area contributed by atoms with Crippen molar-refractivity contribution in [3.8, 4) is 0 Å². The molecule has 0 saturated carbocycles. The van der Waals surface area contributed by atoms with Gasteiger partial charge in [0.15, 0.2) is 14.9 Å². The van der Waals surface area contributed by atoms with Crippen LogP contribution in [0.4, 0.5) is 0 Å². The maximum absolute atomic E-state index is 11.2. The average Bonchev–Trinajstić information content (AvgIpc) is 1.97. The molecule has 0 aliphatic heterocycles. The summed E-state index contributed by atoms with van der Waals surface area (Å²) < 4.78 is 46.1. The smallest absolute Gasteiger partial charge is 0.226 e. The lowest BCUT2D eigenvalue weighted by atomic mass is 10.2. The summed E-state index contributed by atoms with van der Waals surface area (Å²) in [5.41, 5.74) is 5.58. The van der Waals surface area contributed by atoms with Crippen molar-refractivity contribution in [1.82, 2.24) is 4.72 Å². The summed E-state index contributed by atoms with van der Waals surface area (Å²) >= 11 is 0. The van der Waals surface area contributed by atoms with Gasteiger partial charge in [-0.25, -0.2) is 21.6 Å². The fraction of sp³-hybridized carbons (Fsp3) is 1.00.